The van der Waals surface area contributed by atoms with E-state index in [2.05, 4.69) is 24.3 Å². The van der Waals surface area contributed by atoms with Crippen molar-refractivity contribution in [3.8, 4) is 0 Å². The number of nitrogens with one attached hydrogen (secondary N) is 1. The van der Waals surface area contributed by atoms with Crippen LogP contribution in [0.25, 0.3) is 0 Å². The Kier molecular flexibility index (Phi) is 4.15. The van der Waals surface area contributed by atoms with Gasteiger partial charge in [0.25, 0.3) is 0 Å². The van der Waals surface area contributed by atoms with Gasteiger partial charge in [0.2, 0.25) is 0 Å². The van der Waals surface area contributed by atoms with Crippen molar-refractivity contribution in [1.82, 2.24) is 9.78 Å². The van der Waals surface area contributed by atoms with E-state index in [4.69, 9.17) is 23.2 Å². The van der Waals surface area contributed by atoms with Crippen LogP contribution in [0.1, 0.15) is 25.5 Å². The third-order valence-electron chi connectivity index (χ3n) is 2.62. The van der Waals surface area contributed by atoms with E-state index in [1.54, 1.807) is 6.07 Å². The SMILES string of the molecule is CC(C)n1cc(CNc2cccc(Cl)c2Cl)cn1. The maximum absolute atomic E-state index is 6.10. The van der Waals surface area contributed by atoms with Crippen LogP contribution in [0.3, 0.4) is 0 Å². The van der Waals surface area contributed by atoms with E-state index in [1.807, 2.05) is 29.2 Å². The maximum atomic E-state index is 6.10. The minimum atomic E-state index is 0.369. The zero-order valence-corrected chi connectivity index (χ0v) is 11.8. The Labute approximate surface area is 117 Å². The maximum Gasteiger partial charge on any atom is 0.0823 e. The van der Waals surface area contributed by atoms with Crippen molar-refractivity contribution >= 4 is 28.9 Å². The van der Waals surface area contributed by atoms with Gasteiger partial charge >= 0.3 is 0 Å². The van der Waals surface area contributed by atoms with Gasteiger partial charge < -0.3 is 5.32 Å². The second-order valence-electron chi connectivity index (χ2n) is 4.38. The van der Waals surface area contributed by atoms with E-state index in [0.717, 1.165) is 11.3 Å². The summed E-state index contributed by atoms with van der Waals surface area (Å²) in [5, 5.41) is 8.64. The summed E-state index contributed by atoms with van der Waals surface area (Å²) in [7, 11) is 0. The van der Waals surface area contributed by atoms with Gasteiger partial charge in [0, 0.05) is 24.3 Å². The highest BCUT2D eigenvalue weighted by molar-refractivity contribution is 6.43. The zero-order valence-electron chi connectivity index (χ0n) is 10.3. The third-order valence-corrected chi connectivity index (χ3v) is 3.44. The molecule has 1 aromatic carbocycles. The van der Waals surface area contributed by atoms with E-state index >= 15 is 0 Å². The molecule has 0 amide bonds. The molecule has 96 valence electrons. The highest BCUT2D eigenvalue weighted by Crippen LogP contribution is 2.29. The normalized spacial score (nSPS) is 10.9. The molecule has 2 rings (SSSR count). The second-order valence-corrected chi connectivity index (χ2v) is 5.16. The molecule has 0 bridgehead atoms. The van der Waals surface area contributed by atoms with Crippen molar-refractivity contribution in [2.45, 2.75) is 26.4 Å². The molecule has 2 aromatic rings. The Morgan fingerprint density at radius 1 is 1.33 bits per heavy atom. The molecule has 0 fully saturated rings. The van der Waals surface area contributed by atoms with Gasteiger partial charge in [-0.1, -0.05) is 29.3 Å². The molecule has 1 aromatic heterocycles. The van der Waals surface area contributed by atoms with Crippen LogP contribution in [0.15, 0.2) is 30.6 Å². The number of aromatic nitrogens is 2. The van der Waals surface area contributed by atoms with Crippen LogP contribution in [0.5, 0.6) is 0 Å². The van der Waals surface area contributed by atoms with Crippen LogP contribution in [0.2, 0.25) is 10.0 Å². The van der Waals surface area contributed by atoms with Gasteiger partial charge in [-0.15, -0.1) is 0 Å². The molecule has 5 heteroatoms. The molecular formula is C13H15Cl2N3. The molecule has 18 heavy (non-hydrogen) atoms. The fourth-order valence-electron chi connectivity index (χ4n) is 1.59. The minimum absolute atomic E-state index is 0.369. The molecule has 1 heterocycles. The Hall–Kier alpha value is -1.19. The third kappa shape index (κ3) is 2.98. The topological polar surface area (TPSA) is 29.9 Å². The molecule has 0 aliphatic rings. The molecule has 0 saturated heterocycles. The zero-order chi connectivity index (χ0) is 13.1. The highest BCUT2D eigenvalue weighted by atomic mass is 35.5. The van der Waals surface area contributed by atoms with Crippen LogP contribution in [-0.4, -0.2) is 9.78 Å². The first-order valence-corrected chi connectivity index (χ1v) is 6.54. The minimum Gasteiger partial charge on any atom is -0.380 e. The number of halogens is 2. The van der Waals surface area contributed by atoms with Crippen LogP contribution in [0, 0.1) is 0 Å². The standard InChI is InChI=1S/C13H15Cl2N3/c1-9(2)18-8-10(7-17-18)6-16-12-5-3-4-11(14)13(12)15/h3-5,7-9,16H,6H2,1-2H3. The molecule has 1 N–H and O–H groups in total. The van der Waals surface area contributed by atoms with Gasteiger partial charge in [-0.05, 0) is 26.0 Å². The first-order chi connectivity index (χ1) is 8.58. The summed E-state index contributed by atoms with van der Waals surface area (Å²) in [5.74, 6) is 0. The van der Waals surface area contributed by atoms with Crippen LogP contribution < -0.4 is 5.32 Å². The smallest absolute Gasteiger partial charge is 0.0823 e. The summed E-state index contributed by atoms with van der Waals surface area (Å²) in [6.07, 6.45) is 3.88. The van der Waals surface area contributed by atoms with E-state index in [0.29, 0.717) is 22.6 Å². The monoisotopic (exact) mass is 283 g/mol. The Morgan fingerprint density at radius 3 is 2.78 bits per heavy atom. The summed E-state index contributed by atoms with van der Waals surface area (Å²) >= 11 is 12.1. The second kappa shape index (κ2) is 5.63. The number of hydrogen-bond acceptors (Lipinski definition) is 2. The largest absolute Gasteiger partial charge is 0.380 e. The lowest BCUT2D eigenvalue weighted by molar-refractivity contribution is 0.532. The molecule has 0 spiro atoms. The van der Waals surface area contributed by atoms with E-state index in [1.165, 1.54) is 0 Å². The fourth-order valence-corrected chi connectivity index (χ4v) is 1.96. The van der Waals surface area contributed by atoms with E-state index in [-0.39, 0.29) is 0 Å². The van der Waals surface area contributed by atoms with Crippen LogP contribution in [-0.2, 0) is 6.54 Å². The summed E-state index contributed by atoms with van der Waals surface area (Å²) in [6.45, 7) is 4.86. The summed E-state index contributed by atoms with van der Waals surface area (Å²) < 4.78 is 1.93. The molecule has 0 aliphatic heterocycles. The highest BCUT2D eigenvalue weighted by Gasteiger charge is 2.05. The van der Waals surface area contributed by atoms with Crippen LogP contribution in [0.4, 0.5) is 5.69 Å². The molecule has 0 atom stereocenters. The van der Waals surface area contributed by atoms with Gasteiger partial charge in [0.1, 0.15) is 0 Å². The average molecular weight is 284 g/mol. The number of nitrogens with zero attached hydrogens (tertiary/aromatic N) is 2. The molecule has 0 saturated carbocycles. The molecule has 3 nitrogen and oxygen atoms in total. The Balaban J connectivity index is 2.04. The fraction of sp³-hybridized carbons (Fsp3) is 0.308. The summed E-state index contributed by atoms with van der Waals surface area (Å²) in [6, 6.07) is 5.91. The first-order valence-electron chi connectivity index (χ1n) is 5.79. The van der Waals surface area contributed by atoms with Crippen molar-refractivity contribution in [3.63, 3.8) is 0 Å². The Bertz CT molecular complexity index is 535. The van der Waals surface area contributed by atoms with Gasteiger partial charge in [-0.3, -0.25) is 4.68 Å². The molecule has 0 unspecified atom stereocenters. The lowest BCUT2D eigenvalue weighted by Crippen LogP contribution is -2.01. The average Bonchev–Trinajstić information content (AvgIpc) is 2.80. The first kappa shape index (κ1) is 13.2. The number of hydrogen-bond donors (Lipinski definition) is 1. The quantitative estimate of drug-likeness (QED) is 0.902. The van der Waals surface area contributed by atoms with E-state index in [9.17, 15) is 0 Å². The number of benzene rings is 1. The van der Waals surface area contributed by atoms with Gasteiger partial charge in [-0.25, -0.2) is 0 Å². The van der Waals surface area contributed by atoms with Crippen molar-refractivity contribution in [2.24, 2.45) is 0 Å². The Morgan fingerprint density at radius 2 is 2.11 bits per heavy atom. The van der Waals surface area contributed by atoms with Crippen molar-refractivity contribution < 1.29 is 0 Å². The number of rotatable bonds is 4. The predicted molar refractivity (Wildman–Crippen MR) is 76.4 cm³/mol. The summed E-state index contributed by atoms with van der Waals surface area (Å²) in [4.78, 5) is 0. The van der Waals surface area contributed by atoms with E-state index < -0.39 is 0 Å². The molecule has 0 aliphatic carbocycles. The lowest BCUT2D eigenvalue weighted by atomic mass is 10.3. The van der Waals surface area contributed by atoms with Crippen molar-refractivity contribution in [2.75, 3.05) is 5.32 Å². The lowest BCUT2D eigenvalue weighted by Gasteiger charge is -2.08. The summed E-state index contributed by atoms with van der Waals surface area (Å²) in [5.41, 5.74) is 1.95. The predicted octanol–water partition coefficient (Wildman–Crippen LogP) is 4.38. The van der Waals surface area contributed by atoms with Gasteiger partial charge in [0.15, 0.2) is 0 Å². The van der Waals surface area contributed by atoms with Gasteiger partial charge in [0.05, 0.1) is 21.9 Å². The van der Waals surface area contributed by atoms with Crippen LogP contribution >= 0.6 is 23.2 Å². The van der Waals surface area contributed by atoms with Crippen molar-refractivity contribution in [1.29, 1.82) is 0 Å². The molecular weight excluding hydrogens is 269 g/mol. The van der Waals surface area contributed by atoms with Gasteiger partial charge in [-0.2, -0.15) is 5.10 Å². The number of anilines is 1. The van der Waals surface area contributed by atoms with Crippen molar-refractivity contribution in [3.05, 3.63) is 46.2 Å². The molecule has 0 radical (unpaired) electrons.